The smallest absolute Gasteiger partial charge is 0.191 e. The number of aliphatic imine (C=N–C) groups is 1. The molecule has 6 heteroatoms. The van der Waals surface area contributed by atoms with Crippen LogP contribution >= 0.6 is 0 Å². The number of hydrogen-bond acceptors (Lipinski definition) is 4. The summed E-state index contributed by atoms with van der Waals surface area (Å²) in [7, 11) is 1.77. The SMILES string of the molecule is CCNC(=NCC1CCCO1)NCCN(CCOC)C1CC1. The van der Waals surface area contributed by atoms with Gasteiger partial charge < -0.3 is 20.1 Å². The van der Waals surface area contributed by atoms with E-state index in [4.69, 9.17) is 9.47 Å². The lowest BCUT2D eigenvalue weighted by Crippen LogP contribution is -2.43. The van der Waals surface area contributed by atoms with Crippen molar-refractivity contribution < 1.29 is 9.47 Å². The second-order valence-corrected chi connectivity index (χ2v) is 6.04. The molecule has 1 saturated carbocycles. The lowest BCUT2D eigenvalue weighted by atomic mass is 10.2. The molecule has 1 unspecified atom stereocenters. The topological polar surface area (TPSA) is 58.1 Å². The van der Waals surface area contributed by atoms with Crippen LogP contribution in [-0.2, 0) is 9.47 Å². The van der Waals surface area contributed by atoms with Crippen LogP contribution in [0.4, 0.5) is 0 Å². The standard InChI is InChI=1S/C16H32N4O2/c1-3-17-16(19-13-15-5-4-11-22-15)18-8-9-20(10-12-21-2)14-6-7-14/h14-15H,3-13H2,1-2H3,(H2,17,18,19). The molecule has 2 rings (SSSR count). The van der Waals surface area contributed by atoms with Gasteiger partial charge in [0, 0.05) is 45.9 Å². The fraction of sp³-hybridized carbons (Fsp3) is 0.938. The Morgan fingerprint density at radius 3 is 2.77 bits per heavy atom. The maximum Gasteiger partial charge on any atom is 0.191 e. The second-order valence-electron chi connectivity index (χ2n) is 6.04. The molecule has 2 fully saturated rings. The van der Waals surface area contributed by atoms with E-state index in [0.717, 1.165) is 64.4 Å². The molecular formula is C16H32N4O2. The van der Waals surface area contributed by atoms with Gasteiger partial charge in [-0.2, -0.15) is 0 Å². The molecule has 0 aromatic heterocycles. The van der Waals surface area contributed by atoms with Gasteiger partial charge in [0.05, 0.1) is 19.3 Å². The lowest BCUT2D eigenvalue weighted by Gasteiger charge is -2.22. The quantitative estimate of drug-likeness (QED) is 0.462. The van der Waals surface area contributed by atoms with Crippen LogP contribution in [-0.4, -0.2) is 76.1 Å². The van der Waals surface area contributed by atoms with E-state index in [2.05, 4.69) is 27.4 Å². The van der Waals surface area contributed by atoms with Crippen molar-refractivity contribution in [2.45, 2.75) is 44.8 Å². The zero-order valence-electron chi connectivity index (χ0n) is 14.1. The predicted molar refractivity (Wildman–Crippen MR) is 89.4 cm³/mol. The van der Waals surface area contributed by atoms with Crippen LogP contribution < -0.4 is 10.6 Å². The van der Waals surface area contributed by atoms with E-state index in [1.807, 2.05) is 0 Å². The van der Waals surface area contributed by atoms with Crippen LogP contribution in [0.15, 0.2) is 4.99 Å². The molecule has 2 N–H and O–H groups in total. The highest BCUT2D eigenvalue weighted by Crippen LogP contribution is 2.25. The third-order valence-corrected chi connectivity index (χ3v) is 4.16. The van der Waals surface area contributed by atoms with Gasteiger partial charge in [-0.25, -0.2) is 0 Å². The fourth-order valence-electron chi connectivity index (χ4n) is 2.77. The molecule has 22 heavy (non-hydrogen) atoms. The predicted octanol–water partition coefficient (Wildman–Crippen LogP) is 0.831. The Morgan fingerprint density at radius 2 is 2.14 bits per heavy atom. The van der Waals surface area contributed by atoms with Crippen molar-refractivity contribution in [1.29, 1.82) is 0 Å². The van der Waals surface area contributed by atoms with Gasteiger partial charge in [-0.05, 0) is 32.6 Å². The maximum absolute atomic E-state index is 5.62. The molecule has 128 valence electrons. The van der Waals surface area contributed by atoms with Crippen LogP contribution in [0.1, 0.15) is 32.6 Å². The van der Waals surface area contributed by atoms with Gasteiger partial charge in [-0.1, -0.05) is 0 Å². The summed E-state index contributed by atoms with van der Waals surface area (Å²) in [5.74, 6) is 0.903. The number of nitrogens with zero attached hydrogens (tertiary/aromatic N) is 2. The molecule has 0 aromatic rings. The van der Waals surface area contributed by atoms with Crippen molar-refractivity contribution >= 4 is 5.96 Å². The summed E-state index contributed by atoms with van der Waals surface area (Å²) in [6.07, 6.45) is 5.27. The Hall–Kier alpha value is -0.850. The summed E-state index contributed by atoms with van der Waals surface area (Å²) in [6, 6.07) is 0.767. The number of rotatable bonds is 10. The normalized spacial score (nSPS) is 22.3. The highest BCUT2D eigenvalue weighted by atomic mass is 16.5. The van der Waals surface area contributed by atoms with Crippen LogP contribution in [0.5, 0.6) is 0 Å². The number of nitrogens with one attached hydrogen (secondary N) is 2. The van der Waals surface area contributed by atoms with E-state index >= 15 is 0 Å². The van der Waals surface area contributed by atoms with Crippen molar-refractivity contribution in [2.24, 2.45) is 4.99 Å². The van der Waals surface area contributed by atoms with Gasteiger partial charge in [-0.3, -0.25) is 9.89 Å². The average Bonchev–Trinajstić information content (AvgIpc) is 3.24. The Bertz CT molecular complexity index is 328. The van der Waals surface area contributed by atoms with Gasteiger partial charge in [-0.15, -0.1) is 0 Å². The summed E-state index contributed by atoms with van der Waals surface area (Å²) in [5, 5.41) is 6.74. The summed E-state index contributed by atoms with van der Waals surface area (Å²) in [5.41, 5.74) is 0. The zero-order valence-corrected chi connectivity index (χ0v) is 14.1. The summed E-state index contributed by atoms with van der Waals surface area (Å²) in [6.45, 7) is 8.41. The first kappa shape index (κ1) is 17.5. The van der Waals surface area contributed by atoms with E-state index in [-0.39, 0.29) is 0 Å². The summed E-state index contributed by atoms with van der Waals surface area (Å²) in [4.78, 5) is 7.16. The molecule has 0 bridgehead atoms. The van der Waals surface area contributed by atoms with Crippen molar-refractivity contribution in [2.75, 3.05) is 53.0 Å². The maximum atomic E-state index is 5.62. The molecular weight excluding hydrogens is 280 g/mol. The highest BCUT2D eigenvalue weighted by Gasteiger charge is 2.28. The molecule has 1 aliphatic heterocycles. The van der Waals surface area contributed by atoms with Crippen LogP contribution in [0.2, 0.25) is 0 Å². The number of methoxy groups -OCH3 is 1. The molecule has 0 aromatic carbocycles. The Morgan fingerprint density at radius 1 is 1.27 bits per heavy atom. The monoisotopic (exact) mass is 312 g/mol. The van der Waals surface area contributed by atoms with Gasteiger partial charge in [0.25, 0.3) is 0 Å². The molecule has 0 spiro atoms. The molecule has 1 atom stereocenters. The van der Waals surface area contributed by atoms with Gasteiger partial charge in [0.2, 0.25) is 0 Å². The van der Waals surface area contributed by atoms with E-state index in [9.17, 15) is 0 Å². The van der Waals surface area contributed by atoms with Gasteiger partial charge in [0.1, 0.15) is 0 Å². The fourth-order valence-corrected chi connectivity index (χ4v) is 2.77. The van der Waals surface area contributed by atoms with Crippen LogP contribution in [0.3, 0.4) is 0 Å². The van der Waals surface area contributed by atoms with Crippen LogP contribution in [0.25, 0.3) is 0 Å². The molecule has 1 aliphatic carbocycles. The van der Waals surface area contributed by atoms with E-state index in [1.54, 1.807) is 7.11 Å². The first-order valence-electron chi connectivity index (χ1n) is 8.70. The van der Waals surface area contributed by atoms with Crippen molar-refractivity contribution in [1.82, 2.24) is 15.5 Å². The first-order chi connectivity index (χ1) is 10.8. The third-order valence-electron chi connectivity index (χ3n) is 4.16. The van der Waals surface area contributed by atoms with E-state index < -0.39 is 0 Å². The van der Waals surface area contributed by atoms with Crippen molar-refractivity contribution in [3.8, 4) is 0 Å². The van der Waals surface area contributed by atoms with Gasteiger partial charge >= 0.3 is 0 Å². The zero-order chi connectivity index (χ0) is 15.6. The number of hydrogen-bond donors (Lipinski definition) is 2. The lowest BCUT2D eigenvalue weighted by molar-refractivity contribution is 0.117. The highest BCUT2D eigenvalue weighted by molar-refractivity contribution is 5.79. The minimum absolute atomic E-state index is 0.306. The van der Waals surface area contributed by atoms with Crippen molar-refractivity contribution in [3.05, 3.63) is 0 Å². The molecule has 0 amide bonds. The number of ether oxygens (including phenoxy) is 2. The Kier molecular flexibility index (Phi) is 7.98. The minimum atomic E-state index is 0.306. The van der Waals surface area contributed by atoms with E-state index in [0.29, 0.717) is 6.10 Å². The summed E-state index contributed by atoms with van der Waals surface area (Å²) < 4.78 is 10.8. The average molecular weight is 312 g/mol. The number of guanidine groups is 1. The summed E-state index contributed by atoms with van der Waals surface area (Å²) >= 11 is 0. The molecule has 1 saturated heterocycles. The largest absolute Gasteiger partial charge is 0.383 e. The molecule has 6 nitrogen and oxygen atoms in total. The second kappa shape index (κ2) is 10.0. The Labute approximate surface area is 134 Å². The van der Waals surface area contributed by atoms with Crippen LogP contribution in [0, 0.1) is 0 Å². The minimum Gasteiger partial charge on any atom is -0.383 e. The Balaban J connectivity index is 1.68. The van der Waals surface area contributed by atoms with Gasteiger partial charge in [0.15, 0.2) is 5.96 Å². The third kappa shape index (κ3) is 6.50. The molecule has 0 radical (unpaired) electrons. The van der Waals surface area contributed by atoms with E-state index in [1.165, 1.54) is 19.3 Å². The molecule has 2 aliphatic rings. The first-order valence-corrected chi connectivity index (χ1v) is 8.70. The molecule has 1 heterocycles. The van der Waals surface area contributed by atoms with Crippen molar-refractivity contribution in [3.63, 3.8) is 0 Å².